The molecule has 0 aliphatic heterocycles. The lowest BCUT2D eigenvalue weighted by Crippen LogP contribution is -2.32. The van der Waals surface area contributed by atoms with Crippen LogP contribution in [-0.2, 0) is 10.0 Å². The minimum atomic E-state index is -3.80. The molecule has 1 atom stereocenters. The second kappa shape index (κ2) is 8.94. The van der Waals surface area contributed by atoms with E-state index in [1.165, 1.54) is 12.6 Å². The van der Waals surface area contributed by atoms with Crippen molar-refractivity contribution >= 4 is 21.6 Å². The molecule has 31 heavy (non-hydrogen) atoms. The van der Waals surface area contributed by atoms with Crippen molar-refractivity contribution in [2.45, 2.75) is 38.6 Å². The maximum absolute atomic E-state index is 13.1. The molecule has 3 aromatic carbocycles. The summed E-state index contributed by atoms with van der Waals surface area (Å²) in [5.41, 5.74) is 4.94. The second-order valence-corrected chi connectivity index (χ2v) is 9.81. The van der Waals surface area contributed by atoms with Crippen LogP contribution in [0.2, 0.25) is 0 Å². The third kappa shape index (κ3) is 4.80. The van der Waals surface area contributed by atoms with Crippen LogP contribution in [0.5, 0.6) is 0 Å². The number of sulfonamides is 1. The summed E-state index contributed by atoms with van der Waals surface area (Å²) < 4.78 is 27.4. The van der Waals surface area contributed by atoms with Crippen LogP contribution >= 0.6 is 0 Å². The largest absolute Gasteiger partial charge is 0.345 e. The highest BCUT2D eigenvalue weighted by Gasteiger charge is 2.25. The first-order valence-electron chi connectivity index (χ1n) is 10.1. The van der Waals surface area contributed by atoms with E-state index < -0.39 is 10.0 Å². The van der Waals surface area contributed by atoms with Gasteiger partial charge >= 0.3 is 0 Å². The molecule has 5 nitrogen and oxygen atoms in total. The summed E-state index contributed by atoms with van der Waals surface area (Å²) in [6.45, 7) is 7.89. The molecule has 0 radical (unpaired) electrons. The third-order valence-electron chi connectivity index (χ3n) is 5.55. The van der Waals surface area contributed by atoms with Crippen molar-refractivity contribution in [3.63, 3.8) is 0 Å². The summed E-state index contributed by atoms with van der Waals surface area (Å²) >= 11 is 0. The fraction of sp³-hybridized carbons (Fsp3) is 0.240. The van der Waals surface area contributed by atoms with E-state index in [2.05, 4.69) is 11.4 Å². The Bertz CT molecular complexity index is 1200. The SMILES string of the molecule is Cc1ccc(S(=O)(=O)N(C)c2ccccc2C(=O)N[C@@H](C)c2ccc(C)c(C)c2)cc1. The Balaban J connectivity index is 1.89. The lowest BCUT2D eigenvalue weighted by Gasteiger charge is -2.23. The Labute approximate surface area is 184 Å². The summed E-state index contributed by atoms with van der Waals surface area (Å²) in [7, 11) is -2.34. The Morgan fingerprint density at radius 3 is 2.19 bits per heavy atom. The van der Waals surface area contributed by atoms with Gasteiger partial charge in [0.2, 0.25) is 0 Å². The number of hydrogen-bond donors (Lipinski definition) is 1. The van der Waals surface area contributed by atoms with Crippen molar-refractivity contribution in [2.75, 3.05) is 11.4 Å². The van der Waals surface area contributed by atoms with Gasteiger partial charge in [-0.05, 0) is 68.7 Å². The van der Waals surface area contributed by atoms with E-state index >= 15 is 0 Å². The molecule has 0 heterocycles. The van der Waals surface area contributed by atoms with E-state index in [0.29, 0.717) is 11.3 Å². The summed E-state index contributed by atoms with van der Waals surface area (Å²) in [4.78, 5) is 13.3. The van der Waals surface area contributed by atoms with Gasteiger partial charge in [0.1, 0.15) is 0 Å². The third-order valence-corrected chi connectivity index (χ3v) is 7.33. The van der Waals surface area contributed by atoms with Gasteiger partial charge in [0.25, 0.3) is 15.9 Å². The molecule has 0 aliphatic carbocycles. The average Bonchev–Trinajstić information content (AvgIpc) is 2.75. The Hall–Kier alpha value is -3.12. The number of carbonyl (C=O) groups excluding carboxylic acids is 1. The van der Waals surface area contributed by atoms with Crippen LogP contribution in [-0.4, -0.2) is 21.4 Å². The van der Waals surface area contributed by atoms with Crippen LogP contribution in [0.4, 0.5) is 5.69 Å². The van der Waals surface area contributed by atoms with Crippen molar-refractivity contribution in [1.29, 1.82) is 0 Å². The number of anilines is 1. The minimum Gasteiger partial charge on any atom is -0.345 e. The molecule has 162 valence electrons. The molecule has 3 rings (SSSR count). The zero-order valence-electron chi connectivity index (χ0n) is 18.5. The van der Waals surface area contributed by atoms with Gasteiger partial charge in [-0.25, -0.2) is 8.42 Å². The normalized spacial score (nSPS) is 12.3. The van der Waals surface area contributed by atoms with Crippen molar-refractivity contribution in [1.82, 2.24) is 5.32 Å². The van der Waals surface area contributed by atoms with Gasteiger partial charge in [-0.15, -0.1) is 0 Å². The van der Waals surface area contributed by atoms with Crippen molar-refractivity contribution < 1.29 is 13.2 Å². The number of para-hydroxylation sites is 1. The molecule has 0 aliphatic rings. The van der Waals surface area contributed by atoms with E-state index in [0.717, 1.165) is 21.0 Å². The van der Waals surface area contributed by atoms with Crippen LogP contribution in [0, 0.1) is 20.8 Å². The molecule has 0 saturated heterocycles. The monoisotopic (exact) mass is 436 g/mol. The number of carbonyl (C=O) groups is 1. The number of rotatable bonds is 6. The van der Waals surface area contributed by atoms with E-state index in [1.807, 2.05) is 39.8 Å². The smallest absolute Gasteiger partial charge is 0.264 e. The molecule has 1 amide bonds. The number of nitrogens with zero attached hydrogens (tertiary/aromatic N) is 1. The number of aryl methyl sites for hydroxylation is 3. The highest BCUT2D eigenvalue weighted by molar-refractivity contribution is 7.92. The van der Waals surface area contributed by atoms with Crippen LogP contribution in [0.3, 0.4) is 0 Å². The highest BCUT2D eigenvalue weighted by atomic mass is 32.2. The van der Waals surface area contributed by atoms with Crippen molar-refractivity contribution in [3.05, 3.63) is 94.5 Å². The molecule has 0 unspecified atom stereocenters. The lowest BCUT2D eigenvalue weighted by atomic mass is 10.0. The highest BCUT2D eigenvalue weighted by Crippen LogP contribution is 2.27. The first-order valence-corrected chi connectivity index (χ1v) is 11.6. The lowest BCUT2D eigenvalue weighted by molar-refractivity contribution is 0.0940. The molecule has 0 fully saturated rings. The fourth-order valence-corrected chi connectivity index (χ4v) is 4.54. The summed E-state index contributed by atoms with van der Waals surface area (Å²) in [5.74, 6) is -0.327. The summed E-state index contributed by atoms with van der Waals surface area (Å²) in [6, 6.07) is 19.2. The maximum atomic E-state index is 13.1. The minimum absolute atomic E-state index is 0.180. The topological polar surface area (TPSA) is 66.5 Å². The summed E-state index contributed by atoms with van der Waals surface area (Å²) in [6.07, 6.45) is 0. The van der Waals surface area contributed by atoms with Crippen molar-refractivity contribution in [3.8, 4) is 0 Å². The molecule has 0 saturated carbocycles. The Morgan fingerprint density at radius 1 is 0.903 bits per heavy atom. The fourth-order valence-electron chi connectivity index (χ4n) is 3.33. The predicted molar refractivity (Wildman–Crippen MR) is 125 cm³/mol. The first kappa shape index (κ1) is 22.6. The van der Waals surface area contributed by atoms with Gasteiger partial charge in [0, 0.05) is 7.05 Å². The number of hydrogen-bond acceptors (Lipinski definition) is 3. The maximum Gasteiger partial charge on any atom is 0.264 e. The van der Waals surface area contributed by atoms with Gasteiger partial charge in [0.15, 0.2) is 0 Å². The van der Waals surface area contributed by atoms with Gasteiger partial charge in [0.05, 0.1) is 22.2 Å². The van der Waals surface area contributed by atoms with E-state index in [4.69, 9.17) is 0 Å². The number of benzene rings is 3. The number of nitrogens with one attached hydrogen (secondary N) is 1. The summed E-state index contributed by atoms with van der Waals surface area (Å²) in [5, 5.41) is 2.99. The molecular weight excluding hydrogens is 408 g/mol. The zero-order valence-corrected chi connectivity index (χ0v) is 19.3. The van der Waals surface area contributed by atoms with Crippen LogP contribution in [0.15, 0.2) is 71.6 Å². The van der Waals surface area contributed by atoms with Crippen LogP contribution < -0.4 is 9.62 Å². The molecule has 0 spiro atoms. The molecule has 3 aromatic rings. The molecule has 1 N–H and O–H groups in total. The van der Waals surface area contributed by atoms with Gasteiger partial charge < -0.3 is 5.32 Å². The zero-order chi connectivity index (χ0) is 22.8. The molecule has 0 bridgehead atoms. The predicted octanol–water partition coefficient (Wildman–Crippen LogP) is 4.93. The van der Waals surface area contributed by atoms with Crippen LogP contribution in [0.25, 0.3) is 0 Å². The molecule has 6 heteroatoms. The molecular formula is C25H28N2O3S. The van der Waals surface area contributed by atoms with E-state index in [-0.39, 0.29) is 16.8 Å². The first-order chi connectivity index (χ1) is 14.6. The van der Waals surface area contributed by atoms with Gasteiger partial charge in [-0.3, -0.25) is 9.10 Å². The number of amides is 1. The molecule has 0 aromatic heterocycles. The standard InChI is InChI=1S/C25H28N2O3S/c1-17-10-14-22(15-11-17)31(29,30)27(5)24-9-7-6-8-23(24)25(28)26-20(4)21-13-12-18(2)19(3)16-21/h6-16,20H,1-5H3,(H,26,28)/t20-/m0/s1. The van der Waals surface area contributed by atoms with Gasteiger partial charge in [-0.1, -0.05) is 48.0 Å². The van der Waals surface area contributed by atoms with Crippen LogP contribution in [0.1, 0.15) is 45.6 Å². The van der Waals surface area contributed by atoms with Crippen molar-refractivity contribution in [2.24, 2.45) is 0 Å². The second-order valence-electron chi connectivity index (χ2n) is 7.84. The Morgan fingerprint density at radius 2 is 1.55 bits per heavy atom. The Kier molecular flexibility index (Phi) is 6.51. The quantitative estimate of drug-likeness (QED) is 0.596. The van der Waals surface area contributed by atoms with E-state index in [1.54, 1.807) is 48.5 Å². The average molecular weight is 437 g/mol. The van der Waals surface area contributed by atoms with E-state index in [9.17, 15) is 13.2 Å². The van der Waals surface area contributed by atoms with Gasteiger partial charge in [-0.2, -0.15) is 0 Å².